The Kier molecular flexibility index (Phi) is 15.0. The maximum absolute atomic E-state index is 12.6. The topological polar surface area (TPSA) is 105 Å². The van der Waals surface area contributed by atoms with Crippen molar-refractivity contribution in [1.82, 2.24) is 0 Å². The van der Waals surface area contributed by atoms with Crippen LogP contribution >= 0.6 is 0 Å². The lowest BCUT2D eigenvalue weighted by molar-refractivity contribution is -0.194. The van der Waals surface area contributed by atoms with Crippen molar-refractivity contribution in [3.8, 4) is 0 Å². The number of carbonyl (C=O) groups is 4. The van der Waals surface area contributed by atoms with Crippen molar-refractivity contribution >= 4 is 23.9 Å². The molecule has 0 spiro atoms. The van der Waals surface area contributed by atoms with Gasteiger partial charge in [-0.05, 0) is 36.5 Å². The van der Waals surface area contributed by atoms with Crippen LogP contribution in [0.4, 0.5) is 0 Å². The molecular weight excluding hydrogens is 440 g/mol. The third-order valence-corrected chi connectivity index (χ3v) is 4.86. The highest BCUT2D eigenvalue weighted by molar-refractivity contribution is 6.02. The summed E-state index contributed by atoms with van der Waals surface area (Å²) < 4.78 is 20.1. The standard InChI is InChI=1S/C15H28O4.C11H20O4/c1-9-18-11(16)15(13(3,4)5,14(6,7)8)12(17)19-10-2;1-8(2)6-14-10(12)5-11(13)15-7-9(3)4/h9-10H2,1-8H3;8-9H,5-7H2,1-4H3. The Hall–Kier alpha value is -2.12. The molecule has 0 aromatic rings. The molecule has 8 nitrogen and oxygen atoms in total. The van der Waals surface area contributed by atoms with Gasteiger partial charge in [-0.1, -0.05) is 69.2 Å². The molecule has 0 saturated carbocycles. The van der Waals surface area contributed by atoms with Crippen molar-refractivity contribution in [2.75, 3.05) is 26.4 Å². The molecule has 8 heteroatoms. The van der Waals surface area contributed by atoms with E-state index in [-0.39, 0.29) is 31.5 Å². The Labute approximate surface area is 206 Å². The normalized spacial score (nSPS) is 11.9. The number of carbonyl (C=O) groups excluding carboxylic acids is 4. The Bertz CT molecular complexity index is 595. The number of hydrogen-bond donors (Lipinski definition) is 0. The second-order valence-corrected chi connectivity index (χ2v) is 11.0. The van der Waals surface area contributed by atoms with Gasteiger partial charge in [-0.25, -0.2) is 0 Å². The highest BCUT2D eigenvalue weighted by Gasteiger charge is 2.64. The first-order valence-corrected chi connectivity index (χ1v) is 12.0. The van der Waals surface area contributed by atoms with Crippen LogP contribution in [-0.4, -0.2) is 50.3 Å². The van der Waals surface area contributed by atoms with Crippen LogP contribution in [0.15, 0.2) is 0 Å². The molecule has 200 valence electrons. The van der Waals surface area contributed by atoms with Crippen molar-refractivity contribution < 1.29 is 38.1 Å². The Morgan fingerprint density at radius 3 is 1.09 bits per heavy atom. The van der Waals surface area contributed by atoms with E-state index in [1.807, 2.05) is 69.2 Å². The van der Waals surface area contributed by atoms with E-state index in [9.17, 15) is 19.2 Å². The fourth-order valence-corrected chi connectivity index (χ4v) is 3.65. The Morgan fingerprint density at radius 2 is 0.882 bits per heavy atom. The number of hydrogen-bond acceptors (Lipinski definition) is 8. The molecule has 0 aliphatic heterocycles. The Balaban J connectivity index is 0. The van der Waals surface area contributed by atoms with E-state index in [0.29, 0.717) is 13.2 Å². The molecule has 0 radical (unpaired) electrons. The lowest BCUT2D eigenvalue weighted by Gasteiger charge is -2.48. The highest BCUT2D eigenvalue weighted by Crippen LogP contribution is 2.53. The molecule has 34 heavy (non-hydrogen) atoms. The van der Waals surface area contributed by atoms with Crippen molar-refractivity contribution in [3.63, 3.8) is 0 Å². The molecule has 0 saturated heterocycles. The zero-order chi connectivity index (χ0) is 27.3. The SMILES string of the molecule is CC(C)COC(=O)CC(=O)OCC(C)C.CCOC(=O)C(C(=O)OCC)(C(C)(C)C)C(C)(C)C. The summed E-state index contributed by atoms with van der Waals surface area (Å²) >= 11 is 0. The van der Waals surface area contributed by atoms with Crippen LogP contribution in [0.3, 0.4) is 0 Å². The van der Waals surface area contributed by atoms with Gasteiger partial charge in [0.2, 0.25) is 0 Å². The maximum atomic E-state index is 12.6. The van der Waals surface area contributed by atoms with Crippen LogP contribution in [0.2, 0.25) is 0 Å². The van der Waals surface area contributed by atoms with E-state index in [1.165, 1.54) is 0 Å². The number of esters is 4. The fraction of sp³-hybridized carbons (Fsp3) is 0.846. The minimum atomic E-state index is -1.33. The van der Waals surface area contributed by atoms with Crippen LogP contribution in [0.25, 0.3) is 0 Å². The van der Waals surface area contributed by atoms with Crippen LogP contribution in [-0.2, 0) is 38.1 Å². The summed E-state index contributed by atoms with van der Waals surface area (Å²) in [5, 5.41) is 0. The summed E-state index contributed by atoms with van der Waals surface area (Å²) in [6.45, 7) is 23.6. The van der Waals surface area contributed by atoms with Crippen molar-refractivity contribution in [2.45, 2.75) is 89.5 Å². The first-order chi connectivity index (χ1) is 15.4. The predicted octanol–water partition coefficient (Wildman–Crippen LogP) is 4.97. The quantitative estimate of drug-likeness (QED) is 0.241. The fourth-order valence-electron chi connectivity index (χ4n) is 3.65. The molecule has 0 bridgehead atoms. The molecule has 0 aromatic heterocycles. The van der Waals surface area contributed by atoms with Gasteiger partial charge < -0.3 is 18.9 Å². The minimum Gasteiger partial charge on any atom is -0.465 e. The van der Waals surface area contributed by atoms with Crippen LogP contribution in [0, 0.1) is 28.1 Å². The van der Waals surface area contributed by atoms with Gasteiger partial charge >= 0.3 is 23.9 Å². The first-order valence-electron chi connectivity index (χ1n) is 12.0. The van der Waals surface area contributed by atoms with Gasteiger partial charge in [0, 0.05) is 0 Å². The summed E-state index contributed by atoms with van der Waals surface area (Å²) in [4.78, 5) is 47.3. The van der Waals surface area contributed by atoms with E-state index < -0.39 is 40.1 Å². The largest absolute Gasteiger partial charge is 0.465 e. The number of rotatable bonds is 10. The average molecular weight is 489 g/mol. The molecule has 0 aliphatic carbocycles. The average Bonchev–Trinajstić information content (AvgIpc) is 2.63. The van der Waals surface area contributed by atoms with Gasteiger partial charge in [-0.3, -0.25) is 19.2 Å². The molecule has 0 aromatic carbocycles. The summed E-state index contributed by atoms with van der Waals surface area (Å²) in [5.41, 5.74) is -2.54. The molecule has 0 aliphatic rings. The Morgan fingerprint density at radius 1 is 0.588 bits per heavy atom. The van der Waals surface area contributed by atoms with Crippen molar-refractivity contribution in [2.24, 2.45) is 28.1 Å². The lowest BCUT2D eigenvalue weighted by atomic mass is 9.54. The third-order valence-electron chi connectivity index (χ3n) is 4.86. The molecule has 0 N–H and O–H groups in total. The maximum Gasteiger partial charge on any atom is 0.324 e. The van der Waals surface area contributed by atoms with E-state index in [2.05, 4.69) is 0 Å². The summed E-state index contributed by atoms with van der Waals surface area (Å²) in [7, 11) is 0. The van der Waals surface area contributed by atoms with Gasteiger partial charge in [0.25, 0.3) is 0 Å². The molecule has 0 atom stereocenters. The lowest BCUT2D eigenvalue weighted by Crippen LogP contribution is -2.59. The van der Waals surface area contributed by atoms with E-state index in [0.717, 1.165) is 0 Å². The molecule has 0 fully saturated rings. The van der Waals surface area contributed by atoms with Gasteiger partial charge in [-0.2, -0.15) is 0 Å². The molecule has 0 heterocycles. The number of ether oxygens (including phenoxy) is 4. The minimum absolute atomic E-state index is 0.242. The smallest absolute Gasteiger partial charge is 0.324 e. The molecule has 0 amide bonds. The molecule has 0 rings (SSSR count). The van der Waals surface area contributed by atoms with Crippen molar-refractivity contribution in [3.05, 3.63) is 0 Å². The van der Waals surface area contributed by atoms with Crippen LogP contribution in [0.5, 0.6) is 0 Å². The summed E-state index contributed by atoms with van der Waals surface area (Å²) in [5.74, 6) is -1.49. The summed E-state index contributed by atoms with van der Waals surface area (Å²) in [6.07, 6.45) is -0.292. The van der Waals surface area contributed by atoms with Gasteiger partial charge in [0.1, 0.15) is 6.42 Å². The van der Waals surface area contributed by atoms with E-state index >= 15 is 0 Å². The first kappa shape index (κ1) is 34.0. The highest BCUT2D eigenvalue weighted by atomic mass is 16.6. The van der Waals surface area contributed by atoms with Crippen molar-refractivity contribution in [1.29, 1.82) is 0 Å². The van der Waals surface area contributed by atoms with Gasteiger partial charge in [0.05, 0.1) is 26.4 Å². The van der Waals surface area contributed by atoms with Crippen LogP contribution < -0.4 is 0 Å². The van der Waals surface area contributed by atoms with Crippen LogP contribution in [0.1, 0.15) is 89.5 Å². The zero-order valence-electron chi connectivity index (χ0n) is 23.5. The predicted molar refractivity (Wildman–Crippen MR) is 131 cm³/mol. The zero-order valence-corrected chi connectivity index (χ0v) is 23.5. The monoisotopic (exact) mass is 488 g/mol. The van der Waals surface area contributed by atoms with Gasteiger partial charge in [-0.15, -0.1) is 0 Å². The van der Waals surface area contributed by atoms with E-state index in [4.69, 9.17) is 18.9 Å². The van der Waals surface area contributed by atoms with Gasteiger partial charge in [0.15, 0.2) is 5.41 Å². The summed E-state index contributed by atoms with van der Waals surface area (Å²) in [6, 6.07) is 0. The molecular formula is C26H48O8. The van der Waals surface area contributed by atoms with E-state index in [1.54, 1.807) is 13.8 Å². The second kappa shape index (κ2) is 15.0. The second-order valence-electron chi connectivity index (χ2n) is 11.0. The molecule has 0 unspecified atom stereocenters. The third kappa shape index (κ3) is 10.9.